The summed E-state index contributed by atoms with van der Waals surface area (Å²) in [6.45, 7) is 7.62. The summed E-state index contributed by atoms with van der Waals surface area (Å²) in [5.74, 6) is -0.270. The van der Waals surface area contributed by atoms with Gasteiger partial charge in [-0.3, -0.25) is 0 Å². The van der Waals surface area contributed by atoms with Gasteiger partial charge in [-0.15, -0.1) is 0 Å². The molecule has 0 aliphatic carbocycles. The lowest BCUT2D eigenvalue weighted by Gasteiger charge is -2.18. The van der Waals surface area contributed by atoms with E-state index >= 15 is 0 Å². The summed E-state index contributed by atoms with van der Waals surface area (Å²) in [5.41, 5.74) is 1.69. The van der Waals surface area contributed by atoms with Crippen LogP contribution in [0.5, 0.6) is 0 Å². The second-order valence-corrected chi connectivity index (χ2v) is 6.41. The van der Waals surface area contributed by atoms with Crippen LogP contribution in [0.1, 0.15) is 70.8 Å². The number of hydrogen-bond donors (Lipinski definition) is 0. The van der Waals surface area contributed by atoms with Crippen molar-refractivity contribution in [3.8, 4) is 0 Å². The molecule has 0 aliphatic heterocycles. The van der Waals surface area contributed by atoms with Gasteiger partial charge in [-0.2, -0.15) is 0 Å². The summed E-state index contributed by atoms with van der Waals surface area (Å²) >= 11 is 0. The van der Waals surface area contributed by atoms with Crippen molar-refractivity contribution in [3.05, 3.63) is 48.0 Å². The molecule has 1 atom stereocenters. The monoisotopic (exact) mass is 316 g/mol. The summed E-state index contributed by atoms with van der Waals surface area (Å²) in [6.07, 6.45) is 10.6. The number of carbonyl (C=O) groups excluding carboxylic acids is 1. The molecule has 0 N–H and O–H groups in total. The van der Waals surface area contributed by atoms with Gasteiger partial charge < -0.3 is 4.74 Å². The number of ether oxygens (including phenoxy) is 1. The largest absolute Gasteiger partial charge is 0.459 e. The van der Waals surface area contributed by atoms with Gasteiger partial charge >= 0.3 is 5.97 Å². The van der Waals surface area contributed by atoms with Gasteiger partial charge in [0, 0.05) is 12.0 Å². The Morgan fingerprint density at radius 2 is 1.65 bits per heavy atom. The Kier molecular flexibility index (Phi) is 10.1. The second-order valence-electron chi connectivity index (χ2n) is 6.41. The predicted octanol–water partition coefficient (Wildman–Crippen LogP) is 5.86. The van der Waals surface area contributed by atoms with Gasteiger partial charge in [0.15, 0.2) is 0 Å². The van der Waals surface area contributed by atoms with Gasteiger partial charge in [0.2, 0.25) is 0 Å². The molecule has 0 bridgehead atoms. The Balaban J connectivity index is 2.38. The second kappa shape index (κ2) is 11.9. The SMILES string of the molecule is C=C(C)C(=O)OC(CCCCCCCCC)Cc1ccccc1. The van der Waals surface area contributed by atoms with Gasteiger partial charge in [-0.25, -0.2) is 4.79 Å². The van der Waals surface area contributed by atoms with Crippen LogP contribution in [0.3, 0.4) is 0 Å². The molecular weight excluding hydrogens is 284 g/mol. The van der Waals surface area contributed by atoms with Gasteiger partial charge in [-0.05, 0) is 25.3 Å². The van der Waals surface area contributed by atoms with Crippen LogP contribution in [0.2, 0.25) is 0 Å². The molecule has 0 aromatic heterocycles. The summed E-state index contributed by atoms with van der Waals surface area (Å²) in [6, 6.07) is 10.2. The van der Waals surface area contributed by atoms with E-state index in [0.717, 1.165) is 19.3 Å². The maximum absolute atomic E-state index is 11.8. The van der Waals surface area contributed by atoms with Crippen molar-refractivity contribution in [1.29, 1.82) is 0 Å². The van der Waals surface area contributed by atoms with E-state index in [4.69, 9.17) is 4.74 Å². The fraction of sp³-hybridized carbons (Fsp3) is 0.571. The van der Waals surface area contributed by atoms with Crippen LogP contribution in [0.25, 0.3) is 0 Å². The fourth-order valence-electron chi connectivity index (χ4n) is 2.66. The molecule has 2 heteroatoms. The minimum atomic E-state index is -0.270. The minimum absolute atomic E-state index is 0.0442. The Morgan fingerprint density at radius 3 is 2.26 bits per heavy atom. The highest BCUT2D eigenvalue weighted by Gasteiger charge is 2.15. The summed E-state index contributed by atoms with van der Waals surface area (Å²) in [4.78, 5) is 11.8. The highest BCUT2D eigenvalue weighted by molar-refractivity contribution is 5.87. The zero-order valence-electron chi connectivity index (χ0n) is 14.9. The van der Waals surface area contributed by atoms with Crippen molar-refractivity contribution in [3.63, 3.8) is 0 Å². The van der Waals surface area contributed by atoms with Crippen LogP contribution >= 0.6 is 0 Å². The Morgan fingerprint density at radius 1 is 1.04 bits per heavy atom. The molecule has 0 heterocycles. The maximum Gasteiger partial charge on any atom is 0.333 e. The molecule has 0 aliphatic rings. The zero-order chi connectivity index (χ0) is 16.9. The van der Waals surface area contributed by atoms with Crippen molar-refractivity contribution in [1.82, 2.24) is 0 Å². The standard InChI is InChI=1S/C21H32O2/c1-4-5-6-7-8-9-13-16-20(23-21(22)18(2)3)17-19-14-11-10-12-15-19/h10-12,14-15,20H,2,4-9,13,16-17H2,1,3H3. The van der Waals surface area contributed by atoms with Gasteiger partial charge in [0.25, 0.3) is 0 Å². The number of benzene rings is 1. The molecule has 0 spiro atoms. The van der Waals surface area contributed by atoms with Crippen molar-refractivity contribution < 1.29 is 9.53 Å². The fourth-order valence-corrected chi connectivity index (χ4v) is 2.66. The topological polar surface area (TPSA) is 26.3 Å². The lowest BCUT2D eigenvalue weighted by atomic mass is 10.0. The van der Waals surface area contributed by atoms with Crippen LogP contribution in [0.4, 0.5) is 0 Å². The summed E-state index contributed by atoms with van der Waals surface area (Å²) in [7, 11) is 0. The summed E-state index contributed by atoms with van der Waals surface area (Å²) < 4.78 is 5.62. The Labute approximate surface area is 141 Å². The number of hydrogen-bond acceptors (Lipinski definition) is 2. The third kappa shape index (κ3) is 9.22. The van der Waals surface area contributed by atoms with E-state index in [9.17, 15) is 4.79 Å². The maximum atomic E-state index is 11.8. The van der Waals surface area contributed by atoms with Crippen LogP contribution in [0, 0.1) is 0 Å². The Hall–Kier alpha value is -1.57. The zero-order valence-corrected chi connectivity index (χ0v) is 14.9. The van der Waals surface area contributed by atoms with E-state index in [1.165, 1.54) is 44.1 Å². The lowest BCUT2D eigenvalue weighted by molar-refractivity contribution is -0.144. The van der Waals surface area contributed by atoms with E-state index < -0.39 is 0 Å². The van der Waals surface area contributed by atoms with Crippen LogP contribution in [-0.2, 0) is 16.0 Å². The van der Waals surface area contributed by atoms with Crippen molar-refractivity contribution in [2.75, 3.05) is 0 Å². The molecule has 0 saturated heterocycles. The quantitative estimate of drug-likeness (QED) is 0.274. The van der Waals surface area contributed by atoms with E-state index in [1.807, 2.05) is 18.2 Å². The molecule has 1 aromatic carbocycles. The smallest absolute Gasteiger partial charge is 0.333 e. The third-order valence-corrected chi connectivity index (χ3v) is 4.06. The van der Waals surface area contributed by atoms with Crippen LogP contribution in [-0.4, -0.2) is 12.1 Å². The molecule has 1 unspecified atom stereocenters. The average molecular weight is 316 g/mol. The first-order valence-electron chi connectivity index (χ1n) is 9.04. The summed E-state index contributed by atoms with van der Waals surface area (Å²) in [5, 5.41) is 0. The van der Waals surface area contributed by atoms with Crippen molar-refractivity contribution >= 4 is 5.97 Å². The molecule has 0 saturated carbocycles. The van der Waals surface area contributed by atoms with E-state index in [0.29, 0.717) is 5.57 Å². The van der Waals surface area contributed by atoms with E-state index in [1.54, 1.807) is 6.92 Å². The van der Waals surface area contributed by atoms with Crippen molar-refractivity contribution in [2.24, 2.45) is 0 Å². The first kappa shape index (κ1) is 19.5. The molecule has 0 radical (unpaired) electrons. The first-order valence-corrected chi connectivity index (χ1v) is 9.04. The average Bonchev–Trinajstić information content (AvgIpc) is 2.54. The van der Waals surface area contributed by atoms with Gasteiger partial charge in [0.05, 0.1) is 0 Å². The Bertz CT molecular complexity index is 450. The molecule has 128 valence electrons. The normalized spacial score (nSPS) is 11.9. The van der Waals surface area contributed by atoms with E-state index in [-0.39, 0.29) is 12.1 Å². The predicted molar refractivity (Wildman–Crippen MR) is 97.5 cm³/mol. The van der Waals surface area contributed by atoms with Crippen molar-refractivity contribution in [2.45, 2.75) is 77.7 Å². The third-order valence-electron chi connectivity index (χ3n) is 4.06. The first-order chi connectivity index (χ1) is 11.1. The van der Waals surface area contributed by atoms with E-state index in [2.05, 4.69) is 25.6 Å². The number of rotatable bonds is 12. The number of unbranched alkanes of at least 4 members (excludes halogenated alkanes) is 6. The lowest BCUT2D eigenvalue weighted by Crippen LogP contribution is -2.21. The number of carbonyl (C=O) groups is 1. The molecule has 0 amide bonds. The van der Waals surface area contributed by atoms with Gasteiger partial charge in [0.1, 0.15) is 6.10 Å². The van der Waals surface area contributed by atoms with Crippen LogP contribution < -0.4 is 0 Å². The molecular formula is C21H32O2. The molecule has 23 heavy (non-hydrogen) atoms. The minimum Gasteiger partial charge on any atom is -0.459 e. The molecule has 1 rings (SSSR count). The molecule has 2 nitrogen and oxygen atoms in total. The molecule has 0 fully saturated rings. The highest BCUT2D eigenvalue weighted by Crippen LogP contribution is 2.16. The molecule has 1 aromatic rings. The van der Waals surface area contributed by atoms with Crippen LogP contribution in [0.15, 0.2) is 42.5 Å². The number of esters is 1. The van der Waals surface area contributed by atoms with Gasteiger partial charge in [-0.1, -0.05) is 82.4 Å². The highest BCUT2D eigenvalue weighted by atomic mass is 16.5.